The Kier molecular flexibility index (Phi) is 4.31. The average Bonchev–Trinajstić information content (AvgIpc) is 3.10. The first-order valence-corrected chi connectivity index (χ1v) is 8.81. The number of nitriles is 1. The molecule has 3 heterocycles. The molecule has 1 aliphatic heterocycles. The van der Waals surface area contributed by atoms with Crippen molar-refractivity contribution in [2.45, 2.75) is 32.2 Å². The topological polar surface area (TPSA) is 72.3 Å². The molecule has 0 N–H and O–H groups in total. The maximum Gasteiger partial charge on any atom is 0.276 e. The Morgan fingerprint density at radius 1 is 1.27 bits per heavy atom. The van der Waals surface area contributed by atoms with Crippen molar-refractivity contribution in [3.63, 3.8) is 0 Å². The molecule has 1 saturated heterocycles. The molecule has 26 heavy (non-hydrogen) atoms. The summed E-state index contributed by atoms with van der Waals surface area (Å²) in [4.78, 5) is 17.5. The Labute approximate surface area is 151 Å². The van der Waals surface area contributed by atoms with Gasteiger partial charge >= 0.3 is 0 Å². The molecule has 4 rings (SSSR count). The fraction of sp³-hybridized carbons (Fsp3) is 0.350. The Morgan fingerprint density at radius 3 is 2.69 bits per heavy atom. The summed E-state index contributed by atoms with van der Waals surface area (Å²) in [7, 11) is 0. The maximum absolute atomic E-state index is 13.0. The SMILES string of the molecule is Cc1cn2c(C3CCOCC3)ncc2c(=O)n1Cc1ccc(C#N)cc1. The highest BCUT2D eigenvalue weighted by Crippen LogP contribution is 2.26. The van der Waals surface area contributed by atoms with Gasteiger partial charge in [0.2, 0.25) is 0 Å². The Balaban J connectivity index is 1.72. The van der Waals surface area contributed by atoms with E-state index in [1.165, 1.54) is 0 Å². The van der Waals surface area contributed by atoms with E-state index in [2.05, 4.69) is 11.1 Å². The van der Waals surface area contributed by atoms with Gasteiger partial charge in [-0.15, -0.1) is 0 Å². The molecule has 0 amide bonds. The van der Waals surface area contributed by atoms with Crippen LogP contribution >= 0.6 is 0 Å². The van der Waals surface area contributed by atoms with Gasteiger partial charge in [0.1, 0.15) is 11.3 Å². The van der Waals surface area contributed by atoms with E-state index in [1.54, 1.807) is 22.9 Å². The minimum atomic E-state index is -0.0415. The number of ether oxygens (including phenoxy) is 1. The van der Waals surface area contributed by atoms with Gasteiger partial charge in [0.05, 0.1) is 24.4 Å². The molecule has 0 bridgehead atoms. The van der Waals surface area contributed by atoms with Crippen molar-refractivity contribution >= 4 is 5.52 Å². The van der Waals surface area contributed by atoms with Gasteiger partial charge in [-0.25, -0.2) is 4.98 Å². The van der Waals surface area contributed by atoms with Crippen LogP contribution in [-0.4, -0.2) is 27.2 Å². The summed E-state index contributed by atoms with van der Waals surface area (Å²) in [6.45, 7) is 3.91. The summed E-state index contributed by atoms with van der Waals surface area (Å²) >= 11 is 0. The molecule has 0 saturated carbocycles. The number of hydrogen-bond donors (Lipinski definition) is 0. The Morgan fingerprint density at radius 2 is 2.00 bits per heavy atom. The lowest BCUT2D eigenvalue weighted by Crippen LogP contribution is -2.25. The van der Waals surface area contributed by atoms with Gasteiger partial charge in [0.25, 0.3) is 5.56 Å². The van der Waals surface area contributed by atoms with Crippen molar-refractivity contribution in [3.8, 4) is 6.07 Å². The molecular formula is C20H20N4O2. The average molecular weight is 348 g/mol. The number of fused-ring (bicyclic) bond motifs is 1. The van der Waals surface area contributed by atoms with Crippen molar-refractivity contribution in [1.82, 2.24) is 14.0 Å². The summed E-state index contributed by atoms with van der Waals surface area (Å²) < 4.78 is 9.14. The van der Waals surface area contributed by atoms with Crippen LogP contribution in [0.4, 0.5) is 0 Å². The van der Waals surface area contributed by atoms with Crippen molar-refractivity contribution in [2.75, 3.05) is 13.2 Å². The van der Waals surface area contributed by atoms with Gasteiger partial charge in [-0.3, -0.25) is 9.20 Å². The van der Waals surface area contributed by atoms with Crippen LogP contribution < -0.4 is 5.56 Å². The lowest BCUT2D eigenvalue weighted by molar-refractivity contribution is 0.0835. The summed E-state index contributed by atoms with van der Waals surface area (Å²) in [5.41, 5.74) is 3.05. The standard InChI is InChI=1S/C20H20N4O2/c1-14-12-24-18(11-22-19(24)17-6-8-26-9-7-17)20(25)23(14)13-16-4-2-15(10-21)3-5-16/h2-5,11-12,17H,6-9,13H2,1H3. The third kappa shape index (κ3) is 2.91. The van der Waals surface area contributed by atoms with E-state index in [1.807, 2.05) is 29.7 Å². The van der Waals surface area contributed by atoms with Gasteiger partial charge in [-0.2, -0.15) is 5.26 Å². The molecular weight excluding hydrogens is 328 g/mol. The molecule has 0 atom stereocenters. The number of hydrogen-bond acceptors (Lipinski definition) is 4. The molecule has 0 aliphatic carbocycles. The predicted molar refractivity (Wildman–Crippen MR) is 97.2 cm³/mol. The molecule has 0 radical (unpaired) electrons. The second-order valence-electron chi connectivity index (χ2n) is 6.73. The minimum absolute atomic E-state index is 0.0415. The van der Waals surface area contributed by atoms with Crippen molar-refractivity contribution in [3.05, 3.63) is 69.7 Å². The summed E-state index contributed by atoms with van der Waals surface area (Å²) in [5.74, 6) is 1.29. The van der Waals surface area contributed by atoms with Crippen LogP contribution in [0.15, 0.2) is 41.5 Å². The normalized spacial score (nSPS) is 15.2. The van der Waals surface area contributed by atoms with Gasteiger partial charge in [-0.1, -0.05) is 12.1 Å². The molecule has 1 fully saturated rings. The third-order valence-electron chi connectivity index (χ3n) is 5.04. The lowest BCUT2D eigenvalue weighted by Gasteiger charge is -2.21. The monoisotopic (exact) mass is 348 g/mol. The molecule has 1 aliphatic rings. The van der Waals surface area contributed by atoms with Crippen LogP contribution in [0.1, 0.15) is 41.4 Å². The molecule has 1 aromatic carbocycles. The first-order valence-electron chi connectivity index (χ1n) is 8.81. The largest absolute Gasteiger partial charge is 0.381 e. The number of aryl methyl sites for hydroxylation is 1. The van der Waals surface area contributed by atoms with Crippen LogP contribution in [0.25, 0.3) is 5.52 Å². The number of nitrogens with zero attached hydrogens (tertiary/aromatic N) is 4. The fourth-order valence-electron chi connectivity index (χ4n) is 3.55. The van der Waals surface area contributed by atoms with Crippen molar-refractivity contribution < 1.29 is 4.74 Å². The summed E-state index contributed by atoms with van der Waals surface area (Å²) in [6.07, 6.45) is 5.55. The van der Waals surface area contributed by atoms with Gasteiger partial charge < -0.3 is 9.30 Å². The zero-order chi connectivity index (χ0) is 18.1. The van der Waals surface area contributed by atoms with Crippen molar-refractivity contribution in [2.24, 2.45) is 0 Å². The quantitative estimate of drug-likeness (QED) is 0.729. The molecule has 3 aromatic rings. The van der Waals surface area contributed by atoms with E-state index in [9.17, 15) is 4.79 Å². The second kappa shape index (κ2) is 6.77. The lowest BCUT2D eigenvalue weighted by atomic mass is 10.00. The van der Waals surface area contributed by atoms with Gasteiger partial charge in [0, 0.05) is 31.0 Å². The van der Waals surface area contributed by atoms with Crippen LogP contribution in [0.2, 0.25) is 0 Å². The van der Waals surface area contributed by atoms with E-state index in [0.717, 1.165) is 43.1 Å². The van der Waals surface area contributed by atoms with Crippen LogP contribution in [0.5, 0.6) is 0 Å². The second-order valence-corrected chi connectivity index (χ2v) is 6.73. The van der Waals surface area contributed by atoms with Gasteiger partial charge in [-0.05, 0) is 37.5 Å². The zero-order valence-corrected chi connectivity index (χ0v) is 14.7. The number of aromatic nitrogens is 3. The highest BCUT2D eigenvalue weighted by Gasteiger charge is 2.21. The molecule has 132 valence electrons. The highest BCUT2D eigenvalue weighted by atomic mass is 16.5. The smallest absolute Gasteiger partial charge is 0.276 e. The summed E-state index contributed by atoms with van der Waals surface area (Å²) in [5, 5.41) is 8.91. The fourth-order valence-corrected chi connectivity index (χ4v) is 3.55. The van der Waals surface area contributed by atoms with E-state index in [-0.39, 0.29) is 5.56 Å². The molecule has 0 spiro atoms. The zero-order valence-electron chi connectivity index (χ0n) is 14.7. The number of benzene rings is 1. The number of rotatable bonds is 3. The van der Waals surface area contributed by atoms with E-state index in [0.29, 0.717) is 23.5 Å². The Hall–Kier alpha value is -2.91. The van der Waals surface area contributed by atoms with Crippen LogP contribution in [-0.2, 0) is 11.3 Å². The van der Waals surface area contributed by atoms with Crippen molar-refractivity contribution in [1.29, 1.82) is 5.26 Å². The minimum Gasteiger partial charge on any atom is -0.381 e. The highest BCUT2D eigenvalue weighted by molar-refractivity contribution is 5.45. The molecule has 0 unspecified atom stereocenters. The third-order valence-corrected chi connectivity index (χ3v) is 5.04. The van der Waals surface area contributed by atoms with E-state index in [4.69, 9.17) is 10.00 Å². The first kappa shape index (κ1) is 16.6. The first-order chi connectivity index (χ1) is 12.7. The van der Waals surface area contributed by atoms with E-state index < -0.39 is 0 Å². The molecule has 6 heteroatoms. The molecule has 6 nitrogen and oxygen atoms in total. The van der Waals surface area contributed by atoms with Gasteiger partial charge in [0.15, 0.2) is 0 Å². The Bertz CT molecular complexity index is 1030. The number of imidazole rings is 1. The van der Waals surface area contributed by atoms with Crippen LogP contribution in [0.3, 0.4) is 0 Å². The van der Waals surface area contributed by atoms with Crippen LogP contribution in [0, 0.1) is 18.3 Å². The maximum atomic E-state index is 13.0. The molecule has 2 aromatic heterocycles. The summed E-state index contributed by atoms with van der Waals surface area (Å²) in [6, 6.07) is 9.43. The van der Waals surface area contributed by atoms with E-state index >= 15 is 0 Å². The predicted octanol–water partition coefficient (Wildman–Crippen LogP) is 2.62.